The Kier molecular flexibility index (Phi) is 6.55. The number of anilines is 1. The molecular formula is C26H22N2O2S. The lowest BCUT2D eigenvalue weighted by molar-refractivity contribution is -0.116. The number of thiophene rings is 1. The van der Waals surface area contributed by atoms with E-state index < -0.39 is 6.04 Å². The predicted octanol–water partition coefficient (Wildman–Crippen LogP) is 5.92. The van der Waals surface area contributed by atoms with Crippen molar-refractivity contribution in [2.45, 2.75) is 12.5 Å². The van der Waals surface area contributed by atoms with Crippen LogP contribution in [0, 0.1) is 0 Å². The molecule has 1 heterocycles. The highest BCUT2D eigenvalue weighted by Crippen LogP contribution is 2.31. The number of carbonyl (C=O) groups excluding carboxylic acids is 2. The normalized spacial score (nSPS) is 11.5. The minimum absolute atomic E-state index is 0.126. The van der Waals surface area contributed by atoms with Gasteiger partial charge in [0.25, 0.3) is 5.91 Å². The Balaban J connectivity index is 1.52. The number of benzene rings is 3. The first-order chi connectivity index (χ1) is 15.2. The summed E-state index contributed by atoms with van der Waals surface area (Å²) < 4.78 is 0. The Hall–Kier alpha value is -3.70. The van der Waals surface area contributed by atoms with E-state index in [0.29, 0.717) is 5.56 Å². The molecule has 1 unspecified atom stereocenters. The van der Waals surface area contributed by atoms with Crippen LogP contribution in [0.2, 0.25) is 0 Å². The van der Waals surface area contributed by atoms with Crippen molar-refractivity contribution in [3.05, 3.63) is 114 Å². The Bertz CT molecular complexity index is 1140. The molecule has 5 heteroatoms. The van der Waals surface area contributed by atoms with E-state index in [2.05, 4.69) is 10.6 Å². The first kappa shape index (κ1) is 20.6. The molecular weight excluding hydrogens is 404 g/mol. The average Bonchev–Trinajstić information content (AvgIpc) is 3.35. The lowest BCUT2D eigenvalue weighted by atomic mass is 10.0. The summed E-state index contributed by atoms with van der Waals surface area (Å²) >= 11 is 1.63. The third-order valence-corrected chi connectivity index (χ3v) is 5.82. The standard InChI is InChI=1S/C26H22N2O2S/c29-25(27-22-15-8-7-14-21(22)24-16-9-17-31-24)18-23(19-10-3-1-4-11-19)28-26(30)20-12-5-2-6-13-20/h1-17,23H,18H2,(H,27,29)(H,28,30). The van der Waals surface area contributed by atoms with Crippen LogP contribution in [0.3, 0.4) is 0 Å². The molecule has 4 nitrogen and oxygen atoms in total. The van der Waals surface area contributed by atoms with Crippen LogP contribution in [-0.2, 0) is 4.79 Å². The fourth-order valence-electron chi connectivity index (χ4n) is 3.39. The van der Waals surface area contributed by atoms with Crippen LogP contribution in [0.4, 0.5) is 5.69 Å². The highest BCUT2D eigenvalue weighted by Gasteiger charge is 2.20. The summed E-state index contributed by atoms with van der Waals surface area (Å²) in [5.74, 6) is -0.368. The lowest BCUT2D eigenvalue weighted by Crippen LogP contribution is -2.31. The molecule has 31 heavy (non-hydrogen) atoms. The van der Waals surface area contributed by atoms with E-state index in [4.69, 9.17) is 0 Å². The molecule has 0 bridgehead atoms. The maximum Gasteiger partial charge on any atom is 0.251 e. The van der Waals surface area contributed by atoms with Gasteiger partial charge in [-0.3, -0.25) is 9.59 Å². The molecule has 4 rings (SSSR count). The minimum Gasteiger partial charge on any atom is -0.345 e. The van der Waals surface area contributed by atoms with Gasteiger partial charge in [-0.05, 0) is 35.2 Å². The van der Waals surface area contributed by atoms with Gasteiger partial charge in [0.2, 0.25) is 5.91 Å². The third kappa shape index (κ3) is 5.27. The number of hydrogen-bond donors (Lipinski definition) is 2. The highest BCUT2D eigenvalue weighted by atomic mass is 32.1. The Morgan fingerprint density at radius 1 is 0.774 bits per heavy atom. The summed E-state index contributed by atoms with van der Waals surface area (Å²) in [6.45, 7) is 0. The monoisotopic (exact) mass is 426 g/mol. The van der Waals surface area contributed by atoms with Crippen LogP contribution < -0.4 is 10.6 Å². The topological polar surface area (TPSA) is 58.2 Å². The lowest BCUT2D eigenvalue weighted by Gasteiger charge is -2.20. The van der Waals surface area contributed by atoms with Crippen molar-refractivity contribution in [3.63, 3.8) is 0 Å². The van der Waals surface area contributed by atoms with Crippen molar-refractivity contribution in [2.75, 3.05) is 5.32 Å². The fraction of sp³-hybridized carbons (Fsp3) is 0.0769. The van der Waals surface area contributed by atoms with Gasteiger partial charge < -0.3 is 10.6 Å². The van der Waals surface area contributed by atoms with Crippen LogP contribution in [0.5, 0.6) is 0 Å². The van der Waals surface area contributed by atoms with Gasteiger partial charge in [-0.2, -0.15) is 0 Å². The smallest absolute Gasteiger partial charge is 0.251 e. The summed E-state index contributed by atoms with van der Waals surface area (Å²) in [7, 11) is 0. The maximum absolute atomic E-state index is 13.0. The average molecular weight is 427 g/mol. The van der Waals surface area contributed by atoms with E-state index in [1.54, 1.807) is 23.5 Å². The number of nitrogens with one attached hydrogen (secondary N) is 2. The Morgan fingerprint density at radius 2 is 1.45 bits per heavy atom. The molecule has 1 atom stereocenters. The summed E-state index contributed by atoms with van der Waals surface area (Å²) in [5.41, 5.74) is 3.19. The van der Waals surface area contributed by atoms with Gasteiger partial charge in [-0.25, -0.2) is 0 Å². The number of amides is 2. The minimum atomic E-state index is -0.442. The summed E-state index contributed by atoms with van der Waals surface area (Å²) in [6, 6.07) is 29.9. The van der Waals surface area contributed by atoms with Gasteiger partial charge in [-0.15, -0.1) is 11.3 Å². The zero-order chi connectivity index (χ0) is 21.5. The number of rotatable bonds is 7. The quantitative estimate of drug-likeness (QED) is 0.386. The first-order valence-corrected chi connectivity index (χ1v) is 10.9. The summed E-state index contributed by atoms with van der Waals surface area (Å²) in [6.07, 6.45) is 0.126. The van der Waals surface area contributed by atoms with Gasteiger partial charge in [0.15, 0.2) is 0 Å². The molecule has 1 aromatic heterocycles. The van der Waals surface area contributed by atoms with Crippen LogP contribution in [-0.4, -0.2) is 11.8 Å². The van der Waals surface area contributed by atoms with Crippen molar-refractivity contribution in [1.82, 2.24) is 5.32 Å². The molecule has 3 aromatic carbocycles. The molecule has 0 aliphatic rings. The van der Waals surface area contributed by atoms with Crippen molar-refractivity contribution in [2.24, 2.45) is 0 Å². The van der Waals surface area contributed by atoms with Crippen LogP contribution in [0.25, 0.3) is 10.4 Å². The van der Waals surface area contributed by atoms with Crippen molar-refractivity contribution in [3.8, 4) is 10.4 Å². The number of para-hydroxylation sites is 1. The molecule has 0 saturated carbocycles. The molecule has 0 fully saturated rings. The second-order valence-corrected chi connectivity index (χ2v) is 8.03. The second-order valence-electron chi connectivity index (χ2n) is 7.08. The highest BCUT2D eigenvalue weighted by molar-refractivity contribution is 7.13. The van der Waals surface area contributed by atoms with E-state index in [9.17, 15) is 9.59 Å². The molecule has 0 spiro atoms. The van der Waals surface area contributed by atoms with Gasteiger partial charge in [-0.1, -0.05) is 72.8 Å². The predicted molar refractivity (Wildman–Crippen MR) is 126 cm³/mol. The van der Waals surface area contributed by atoms with E-state index in [1.165, 1.54) is 0 Å². The number of carbonyl (C=O) groups is 2. The van der Waals surface area contributed by atoms with E-state index in [-0.39, 0.29) is 18.2 Å². The van der Waals surface area contributed by atoms with Crippen LogP contribution in [0.15, 0.2) is 102 Å². The fourth-order valence-corrected chi connectivity index (χ4v) is 4.16. The van der Waals surface area contributed by atoms with Crippen LogP contribution >= 0.6 is 11.3 Å². The second kappa shape index (κ2) is 9.87. The summed E-state index contributed by atoms with van der Waals surface area (Å²) in [4.78, 5) is 26.8. The van der Waals surface area contributed by atoms with Crippen molar-refractivity contribution in [1.29, 1.82) is 0 Å². The van der Waals surface area contributed by atoms with E-state index in [1.807, 2.05) is 90.3 Å². The third-order valence-electron chi connectivity index (χ3n) is 4.92. The molecule has 0 radical (unpaired) electrons. The molecule has 154 valence electrons. The maximum atomic E-state index is 13.0. The SMILES string of the molecule is O=C(CC(NC(=O)c1ccccc1)c1ccccc1)Nc1ccccc1-c1cccs1. The first-order valence-electron chi connectivity index (χ1n) is 10.0. The van der Waals surface area contributed by atoms with E-state index in [0.717, 1.165) is 21.7 Å². The molecule has 2 amide bonds. The van der Waals surface area contributed by atoms with Crippen molar-refractivity contribution >= 4 is 28.8 Å². The zero-order valence-corrected chi connectivity index (χ0v) is 17.6. The molecule has 2 N–H and O–H groups in total. The largest absolute Gasteiger partial charge is 0.345 e. The molecule has 0 aliphatic heterocycles. The zero-order valence-electron chi connectivity index (χ0n) is 16.8. The molecule has 4 aromatic rings. The van der Waals surface area contributed by atoms with Gasteiger partial charge in [0, 0.05) is 21.7 Å². The molecule has 0 saturated heterocycles. The van der Waals surface area contributed by atoms with Gasteiger partial charge >= 0.3 is 0 Å². The van der Waals surface area contributed by atoms with Gasteiger partial charge in [0.05, 0.1) is 12.5 Å². The number of hydrogen-bond acceptors (Lipinski definition) is 3. The summed E-state index contributed by atoms with van der Waals surface area (Å²) in [5, 5.41) is 8.05. The Labute approximate surface area is 185 Å². The van der Waals surface area contributed by atoms with Crippen molar-refractivity contribution < 1.29 is 9.59 Å². The van der Waals surface area contributed by atoms with E-state index >= 15 is 0 Å². The van der Waals surface area contributed by atoms with Crippen LogP contribution in [0.1, 0.15) is 28.4 Å². The molecule has 0 aliphatic carbocycles. The Morgan fingerprint density at radius 3 is 2.16 bits per heavy atom. The van der Waals surface area contributed by atoms with Gasteiger partial charge in [0.1, 0.15) is 0 Å².